The molecule has 1 saturated heterocycles. The van der Waals surface area contributed by atoms with Gasteiger partial charge in [-0.15, -0.1) is 0 Å². The molecule has 4 unspecified atom stereocenters. The van der Waals surface area contributed by atoms with Gasteiger partial charge in [0.2, 0.25) is 10.0 Å². The van der Waals surface area contributed by atoms with E-state index in [1.54, 1.807) is 6.20 Å². The van der Waals surface area contributed by atoms with Crippen LogP contribution < -0.4 is 10.5 Å². The first-order valence-corrected chi connectivity index (χ1v) is 8.99. The molecular formula is C14H21N3O3S. The summed E-state index contributed by atoms with van der Waals surface area (Å²) in [5, 5.41) is 0. The van der Waals surface area contributed by atoms with Gasteiger partial charge in [-0.2, -0.15) is 0 Å². The maximum Gasteiger partial charge on any atom is 0.212 e. The Kier molecular flexibility index (Phi) is 4.26. The molecule has 1 saturated carbocycles. The molecule has 4 atom stereocenters. The van der Waals surface area contributed by atoms with Gasteiger partial charge in [0.25, 0.3) is 0 Å². The molecule has 2 aliphatic rings. The molecule has 2 fully saturated rings. The van der Waals surface area contributed by atoms with Gasteiger partial charge in [-0.25, -0.2) is 13.1 Å². The maximum atomic E-state index is 12.2. The van der Waals surface area contributed by atoms with Gasteiger partial charge in [0.05, 0.1) is 17.9 Å². The van der Waals surface area contributed by atoms with Crippen LogP contribution in [0.15, 0.2) is 24.4 Å². The van der Waals surface area contributed by atoms with E-state index in [1.165, 1.54) is 0 Å². The highest BCUT2D eigenvalue weighted by atomic mass is 32.2. The smallest absolute Gasteiger partial charge is 0.212 e. The zero-order valence-corrected chi connectivity index (χ0v) is 12.6. The lowest BCUT2D eigenvalue weighted by Crippen LogP contribution is -2.72. The molecule has 7 heteroatoms. The number of sulfonamides is 1. The molecule has 0 bridgehead atoms. The number of fused-ring (bicyclic) bond motifs is 1. The number of ether oxygens (including phenoxy) is 1. The number of hydrogen-bond acceptors (Lipinski definition) is 5. The van der Waals surface area contributed by atoms with Gasteiger partial charge >= 0.3 is 0 Å². The summed E-state index contributed by atoms with van der Waals surface area (Å²) in [7, 11) is -3.37. The largest absolute Gasteiger partial charge is 0.376 e. The van der Waals surface area contributed by atoms with Crippen molar-refractivity contribution in [2.45, 2.75) is 37.5 Å². The summed E-state index contributed by atoms with van der Waals surface area (Å²) in [5.74, 6) is 0.312. The van der Waals surface area contributed by atoms with E-state index in [1.807, 2.05) is 18.2 Å². The third kappa shape index (κ3) is 3.26. The maximum absolute atomic E-state index is 12.2. The summed E-state index contributed by atoms with van der Waals surface area (Å²) in [6.45, 7) is 0.694. The Morgan fingerprint density at radius 3 is 3.05 bits per heavy atom. The van der Waals surface area contributed by atoms with Crippen molar-refractivity contribution in [1.82, 2.24) is 9.71 Å². The molecule has 1 aromatic rings. The first-order chi connectivity index (χ1) is 10.1. The van der Waals surface area contributed by atoms with Crippen molar-refractivity contribution >= 4 is 10.0 Å². The molecule has 21 heavy (non-hydrogen) atoms. The molecule has 0 radical (unpaired) electrons. The summed E-state index contributed by atoms with van der Waals surface area (Å²) in [6.07, 6.45) is 4.04. The molecule has 3 N–H and O–H groups in total. The Hall–Kier alpha value is -1.02. The van der Waals surface area contributed by atoms with E-state index in [0.29, 0.717) is 18.9 Å². The first-order valence-electron chi connectivity index (χ1n) is 7.34. The van der Waals surface area contributed by atoms with Crippen LogP contribution in [0, 0.1) is 5.92 Å². The number of aryl methyl sites for hydroxylation is 1. The van der Waals surface area contributed by atoms with E-state index in [4.69, 9.17) is 10.5 Å². The average molecular weight is 311 g/mol. The van der Waals surface area contributed by atoms with E-state index in [-0.39, 0.29) is 23.9 Å². The molecular weight excluding hydrogens is 290 g/mol. The molecule has 1 aromatic heterocycles. The first kappa shape index (κ1) is 14.9. The topological polar surface area (TPSA) is 94.3 Å². The van der Waals surface area contributed by atoms with E-state index in [9.17, 15) is 8.42 Å². The molecule has 0 aromatic carbocycles. The van der Waals surface area contributed by atoms with Gasteiger partial charge in [-0.1, -0.05) is 6.07 Å². The second-order valence-electron chi connectivity index (χ2n) is 5.75. The minimum atomic E-state index is -3.37. The van der Waals surface area contributed by atoms with Crippen molar-refractivity contribution in [3.8, 4) is 0 Å². The molecule has 6 nitrogen and oxygen atoms in total. The van der Waals surface area contributed by atoms with Crippen LogP contribution in [0.1, 0.15) is 18.5 Å². The normalized spacial score (nSPS) is 32.2. The van der Waals surface area contributed by atoms with E-state index >= 15 is 0 Å². The predicted octanol–water partition coefficient (Wildman–Crippen LogP) is 0.0482. The Balaban J connectivity index is 1.56. The summed E-state index contributed by atoms with van der Waals surface area (Å²) in [4.78, 5) is 4.13. The summed E-state index contributed by atoms with van der Waals surface area (Å²) < 4.78 is 32.7. The molecule has 1 aliphatic carbocycles. The molecule has 0 amide bonds. The lowest BCUT2D eigenvalue weighted by Gasteiger charge is -2.52. The van der Waals surface area contributed by atoms with Crippen molar-refractivity contribution in [3.05, 3.63) is 30.1 Å². The fourth-order valence-corrected chi connectivity index (χ4v) is 4.45. The number of pyridine rings is 1. The number of nitrogens with one attached hydrogen (secondary N) is 1. The molecule has 2 heterocycles. The quantitative estimate of drug-likeness (QED) is 0.801. The van der Waals surface area contributed by atoms with Gasteiger partial charge in [-0.3, -0.25) is 4.98 Å². The molecule has 116 valence electrons. The minimum absolute atomic E-state index is 0.0185. The Morgan fingerprint density at radius 2 is 2.29 bits per heavy atom. The lowest BCUT2D eigenvalue weighted by atomic mass is 9.69. The number of aromatic nitrogens is 1. The fourth-order valence-electron chi connectivity index (χ4n) is 3.14. The predicted molar refractivity (Wildman–Crippen MR) is 79.1 cm³/mol. The van der Waals surface area contributed by atoms with Gasteiger partial charge in [-0.05, 0) is 25.0 Å². The van der Waals surface area contributed by atoms with Crippen molar-refractivity contribution in [2.75, 3.05) is 12.4 Å². The summed E-state index contributed by atoms with van der Waals surface area (Å²) in [5.41, 5.74) is 6.84. The highest BCUT2D eigenvalue weighted by Gasteiger charge is 2.51. The van der Waals surface area contributed by atoms with Crippen LogP contribution >= 0.6 is 0 Å². The van der Waals surface area contributed by atoms with Gasteiger partial charge in [0.1, 0.15) is 0 Å². The number of rotatable bonds is 5. The van der Waals surface area contributed by atoms with Crippen LogP contribution in [-0.2, 0) is 21.2 Å². The van der Waals surface area contributed by atoms with E-state index in [2.05, 4.69) is 9.71 Å². The minimum Gasteiger partial charge on any atom is -0.376 e. The summed E-state index contributed by atoms with van der Waals surface area (Å²) >= 11 is 0. The van der Waals surface area contributed by atoms with Crippen molar-refractivity contribution in [2.24, 2.45) is 11.7 Å². The Bertz CT molecular complexity index is 578. The second kappa shape index (κ2) is 6.00. The SMILES string of the molecule is NC1C2CCCOC2C1NS(=O)(=O)CCc1ccccn1. The van der Waals surface area contributed by atoms with E-state index in [0.717, 1.165) is 18.5 Å². The van der Waals surface area contributed by atoms with Crippen LogP contribution in [-0.4, -0.2) is 43.9 Å². The van der Waals surface area contributed by atoms with E-state index < -0.39 is 10.0 Å². The number of hydrogen-bond donors (Lipinski definition) is 2. The van der Waals surface area contributed by atoms with Crippen molar-refractivity contribution < 1.29 is 13.2 Å². The highest BCUT2D eigenvalue weighted by molar-refractivity contribution is 7.89. The lowest BCUT2D eigenvalue weighted by molar-refractivity contribution is -0.114. The monoisotopic (exact) mass is 311 g/mol. The second-order valence-corrected chi connectivity index (χ2v) is 7.63. The number of nitrogens with two attached hydrogens (primary N) is 1. The third-order valence-electron chi connectivity index (χ3n) is 4.35. The standard InChI is InChI=1S/C14H21N3O3S/c15-12-11-5-3-8-20-14(11)13(12)17-21(18,19)9-6-10-4-1-2-7-16-10/h1-2,4,7,11-14,17H,3,5-6,8-9,15H2. The Morgan fingerprint density at radius 1 is 1.43 bits per heavy atom. The Labute approximate surface area is 125 Å². The average Bonchev–Trinajstić information content (AvgIpc) is 2.52. The fraction of sp³-hybridized carbons (Fsp3) is 0.643. The van der Waals surface area contributed by atoms with Gasteiger partial charge < -0.3 is 10.5 Å². The van der Waals surface area contributed by atoms with Crippen LogP contribution in [0.3, 0.4) is 0 Å². The molecule has 3 rings (SSSR count). The third-order valence-corrected chi connectivity index (χ3v) is 5.72. The van der Waals surface area contributed by atoms with Gasteiger partial charge in [0, 0.05) is 36.9 Å². The van der Waals surface area contributed by atoms with Gasteiger partial charge in [0.15, 0.2) is 0 Å². The van der Waals surface area contributed by atoms with Crippen LogP contribution in [0.5, 0.6) is 0 Å². The zero-order chi connectivity index (χ0) is 14.9. The van der Waals surface area contributed by atoms with Crippen LogP contribution in [0.4, 0.5) is 0 Å². The summed E-state index contributed by atoms with van der Waals surface area (Å²) in [6, 6.07) is 5.06. The zero-order valence-electron chi connectivity index (χ0n) is 11.8. The highest BCUT2D eigenvalue weighted by Crippen LogP contribution is 2.37. The van der Waals surface area contributed by atoms with Crippen molar-refractivity contribution in [1.29, 1.82) is 0 Å². The molecule has 1 aliphatic heterocycles. The molecule has 0 spiro atoms. The van der Waals surface area contributed by atoms with Crippen molar-refractivity contribution in [3.63, 3.8) is 0 Å². The number of nitrogens with zero attached hydrogens (tertiary/aromatic N) is 1. The van der Waals surface area contributed by atoms with Crippen LogP contribution in [0.2, 0.25) is 0 Å². The van der Waals surface area contributed by atoms with Crippen LogP contribution in [0.25, 0.3) is 0 Å².